The minimum atomic E-state index is -0.707. The molecule has 0 radical (unpaired) electrons. The first-order chi connectivity index (χ1) is 14.6. The molecule has 1 N–H and O–H groups in total. The van der Waals surface area contributed by atoms with Crippen LogP contribution < -0.4 is 14.8 Å². The first kappa shape index (κ1) is 18.2. The van der Waals surface area contributed by atoms with Crippen molar-refractivity contribution in [1.82, 2.24) is 9.38 Å². The molecule has 0 saturated carbocycles. The SMILES string of the molecule is Cc1ccn2cc(-c3ccc(C)c(NC(=O)[C@@H]4COc5ccccc5O4)c3)nc2c1. The van der Waals surface area contributed by atoms with Crippen molar-refractivity contribution < 1.29 is 14.3 Å². The summed E-state index contributed by atoms with van der Waals surface area (Å²) in [4.78, 5) is 17.5. The summed E-state index contributed by atoms with van der Waals surface area (Å²) in [5.74, 6) is 0.992. The smallest absolute Gasteiger partial charge is 0.269 e. The largest absolute Gasteiger partial charge is 0.485 e. The van der Waals surface area contributed by atoms with Crippen LogP contribution >= 0.6 is 0 Å². The molecule has 0 fully saturated rings. The molecule has 6 heteroatoms. The molecular weight excluding hydrogens is 378 g/mol. The summed E-state index contributed by atoms with van der Waals surface area (Å²) in [6, 6.07) is 17.4. The summed E-state index contributed by atoms with van der Waals surface area (Å²) in [6.07, 6.45) is 3.28. The van der Waals surface area contributed by atoms with E-state index in [1.807, 2.05) is 79.2 Å². The van der Waals surface area contributed by atoms with Crippen molar-refractivity contribution in [2.24, 2.45) is 0 Å². The standard InChI is InChI=1S/C24H21N3O3/c1-15-9-10-27-13-19(25-23(27)11-15)17-8-7-16(2)18(12-17)26-24(28)22-14-29-20-5-3-4-6-21(20)30-22/h3-13,22H,14H2,1-2H3,(H,26,28)/t22-/m0/s1. The Kier molecular flexibility index (Phi) is 4.39. The van der Waals surface area contributed by atoms with E-state index in [4.69, 9.17) is 14.5 Å². The highest BCUT2D eigenvalue weighted by atomic mass is 16.6. The number of rotatable bonds is 3. The molecule has 150 valence electrons. The summed E-state index contributed by atoms with van der Waals surface area (Å²) in [7, 11) is 0. The lowest BCUT2D eigenvalue weighted by Gasteiger charge is -2.25. The molecule has 3 heterocycles. The van der Waals surface area contributed by atoms with Crippen LogP contribution in [0.15, 0.2) is 67.0 Å². The zero-order valence-electron chi connectivity index (χ0n) is 16.8. The first-order valence-electron chi connectivity index (χ1n) is 9.82. The van der Waals surface area contributed by atoms with E-state index in [2.05, 4.69) is 5.32 Å². The van der Waals surface area contributed by atoms with E-state index in [0.717, 1.165) is 33.7 Å². The Hall–Kier alpha value is -3.80. The molecule has 1 aliphatic rings. The maximum atomic E-state index is 12.8. The average molecular weight is 399 g/mol. The van der Waals surface area contributed by atoms with Crippen LogP contribution in [0.4, 0.5) is 5.69 Å². The molecule has 6 nitrogen and oxygen atoms in total. The zero-order chi connectivity index (χ0) is 20.7. The van der Waals surface area contributed by atoms with Crippen molar-refractivity contribution in [2.75, 3.05) is 11.9 Å². The van der Waals surface area contributed by atoms with E-state index in [0.29, 0.717) is 11.5 Å². The van der Waals surface area contributed by atoms with Gasteiger partial charge < -0.3 is 19.2 Å². The van der Waals surface area contributed by atoms with Gasteiger partial charge in [-0.25, -0.2) is 4.98 Å². The van der Waals surface area contributed by atoms with Crippen molar-refractivity contribution in [3.63, 3.8) is 0 Å². The van der Waals surface area contributed by atoms with E-state index >= 15 is 0 Å². The van der Waals surface area contributed by atoms with Gasteiger partial charge in [0, 0.05) is 23.6 Å². The summed E-state index contributed by atoms with van der Waals surface area (Å²) >= 11 is 0. The molecule has 1 atom stereocenters. The second-order valence-electron chi connectivity index (χ2n) is 7.48. The predicted octanol–water partition coefficient (Wildman–Crippen LogP) is 4.40. The highest BCUT2D eigenvalue weighted by molar-refractivity contribution is 5.96. The highest BCUT2D eigenvalue weighted by Gasteiger charge is 2.27. The number of amides is 1. The number of hydrogen-bond acceptors (Lipinski definition) is 4. The van der Waals surface area contributed by atoms with Gasteiger partial charge in [-0.1, -0.05) is 24.3 Å². The van der Waals surface area contributed by atoms with Gasteiger partial charge in [-0.3, -0.25) is 4.79 Å². The lowest BCUT2D eigenvalue weighted by atomic mass is 10.1. The summed E-state index contributed by atoms with van der Waals surface area (Å²) < 4.78 is 13.5. The quantitative estimate of drug-likeness (QED) is 0.555. The van der Waals surface area contributed by atoms with Crippen LogP contribution in [-0.4, -0.2) is 28.0 Å². The Labute approximate surface area is 174 Å². The van der Waals surface area contributed by atoms with Gasteiger partial charge in [-0.05, 0) is 55.3 Å². The van der Waals surface area contributed by atoms with Gasteiger partial charge in [0.05, 0.1) is 5.69 Å². The number of aryl methyl sites for hydroxylation is 2. The van der Waals surface area contributed by atoms with E-state index in [1.165, 1.54) is 0 Å². The monoisotopic (exact) mass is 399 g/mol. The molecule has 0 aliphatic carbocycles. The lowest BCUT2D eigenvalue weighted by molar-refractivity contribution is -0.125. The number of aromatic nitrogens is 2. The van der Waals surface area contributed by atoms with Crippen molar-refractivity contribution in [1.29, 1.82) is 0 Å². The molecule has 5 rings (SSSR count). The Morgan fingerprint density at radius 3 is 2.80 bits per heavy atom. The van der Waals surface area contributed by atoms with Crippen LogP contribution in [0.3, 0.4) is 0 Å². The Balaban J connectivity index is 1.39. The van der Waals surface area contributed by atoms with Crippen LogP contribution in [-0.2, 0) is 4.79 Å². The van der Waals surface area contributed by atoms with Crippen molar-refractivity contribution in [3.8, 4) is 22.8 Å². The predicted molar refractivity (Wildman–Crippen MR) is 115 cm³/mol. The van der Waals surface area contributed by atoms with Gasteiger partial charge in [-0.2, -0.15) is 0 Å². The van der Waals surface area contributed by atoms with Crippen LogP contribution in [0.5, 0.6) is 11.5 Å². The number of hydrogen-bond donors (Lipinski definition) is 1. The number of ether oxygens (including phenoxy) is 2. The number of nitrogens with one attached hydrogen (secondary N) is 1. The molecule has 4 aromatic rings. The minimum Gasteiger partial charge on any atom is -0.485 e. The van der Waals surface area contributed by atoms with Crippen LogP contribution in [0.25, 0.3) is 16.9 Å². The number of imidazole rings is 1. The molecule has 0 saturated heterocycles. The van der Waals surface area contributed by atoms with Crippen molar-refractivity contribution >= 4 is 17.2 Å². The van der Waals surface area contributed by atoms with Gasteiger partial charge in [0.1, 0.15) is 12.3 Å². The molecule has 2 aromatic carbocycles. The van der Waals surface area contributed by atoms with Gasteiger partial charge in [0.2, 0.25) is 6.10 Å². The summed E-state index contributed by atoms with van der Waals surface area (Å²) in [6.45, 7) is 4.18. The topological polar surface area (TPSA) is 64.9 Å². The third-order valence-electron chi connectivity index (χ3n) is 5.21. The highest BCUT2D eigenvalue weighted by Crippen LogP contribution is 2.31. The fourth-order valence-corrected chi connectivity index (χ4v) is 3.50. The van der Waals surface area contributed by atoms with Gasteiger partial charge in [0.25, 0.3) is 5.91 Å². The molecule has 30 heavy (non-hydrogen) atoms. The second-order valence-corrected chi connectivity index (χ2v) is 7.48. The molecular formula is C24H21N3O3. The molecule has 1 amide bonds. The maximum Gasteiger partial charge on any atom is 0.269 e. The molecule has 0 bridgehead atoms. The number of pyridine rings is 1. The summed E-state index contributed by atoms with van der Waals surface area (Å²) in [5.41, 5.74) is 5.53. The van der Waals surface area contributed by atoms with Crippen LogP contribution in [0.2, 0.25) is 0 Å². The Morgan fingerprint density at radius 1 is 1.10 bits per heavy atom. The molecule has 2 aromatic heterocycles. The molecule has 0 spiro atoms. The maximum absolute atomic E-state index is 12.8. The van der Waals surface area contributed by atoms with Crippen molar-refractivity contribution in [3.05, 3.63) is 78.1 Å². The number of carbonyl (C=O) groups is 1. The number of anilines is 1. The molecule has 0 unspecified atom stereocenters. The number of benzene rings is 2. The summed E-state index contributed by atoms with van der Waals surface area (Å²) in [5, 5.41) is 2.99. The van der Waals surface area contributed by atoms with Gasteiger partial charge in [-0.15, -0.1) is 0 Å². The fourth-order valence-electron chi connectivity index (χ4n) is 3.50. The normalized spacial score (nSPS) is 15.2. The van der Waals surface area contributed by atoms with Gasteiger partial charge in [0.15, 0.2) is 11.5 Å². The zero-order valence-corrected chi connectivity index (χ0v) is 16.8. The first-order valence-corrected chi connectivity index (χ1v) is 9.82. The van der Waals surface area contributed by atoms with E-state index in [1.54, 1.807) is 6.07 Å². The van der Waals surface area contributed by atoms with E-state index < -0.39 is 6.10 Å². The number of para-hydroxylation sites is 2. The third-order valence-corrected chi connectivity index (χ3v) is 5.21. The van der Waals surface area contributed by atoms with Crippen molar-refractivity contribution in [2.45, 2.75) is 20.0 Å². The number of carbonyl (C=O) groups excluding carboxylic acids is 1. The van der Waals surface area contributed by atoms with E-state index in [-0.39, 0.29) is 12.5 Å². The van der Waals surface area contributed by atoms with Crippen LogP contribution in [0, 0.1) is 13.8 Å². The Morgan fingerprint density at radius 2 is 1.93 bits per heavy atom. The average Bonchev–Trinajstić information content (AvgIpc) is 3.18. The Bertz CT molecular complexity index is 1260. The van der Waals surface area contributed by atoms with Gasteiger partial charge >= 0.3 is 0 Å². The van der Waals surface area contributed by atoms with Crippen LogP contribution in [0.1, 0.15) is 11.1 Å². The number of fused-ring (bicyclic) bond motifs is 2. The number of nitrogens with zero attached hydrogens (tertiary/aromatic N) is 2. The second kappa shape index (κ2) is 7.22. The molecule has 1 aliphatic heterocycles. The third kappa shape index (κ3) is 3.37. The minimum absolute atomic E-state index is 0.174. The fraction of sp³-hybridized carbons (Fsp3) is 0.167. The van der Waals surface area contributed by atoms with E-state index in [9.17, 15) is 4.79 Å². The lowest BCUT2D eigenvalue weighted by Crippen LogP contribution is -2.40.